The minimum absolute atomic E-state index is 0.114. The van der Waals surface area contributed by atoms with Gasteiger partial charge in [-0.15, -0.1) is 11.3 Å². The number of aryl methyl sites for hydroxylation is 1. The van der Waals surface area contributed by atoms with E-state index in [4.69, 9.17) is 0 Å². The number of rotatable bonds is 4. The van der Waals surface area contributed by atoms with Crippen molar-refractivity contribution in [1.82, 2.24) is 19.1 Å². The molecule has 0 bridgehead atoms. The van der Waals surface area contributed by atoms with E-state index in [1.807, 2.05) is 0 Å². The molecule has 31 heavy (non-hydrogen) atoms. The lowest BCUT2D eigenvalue weighted by molar-refractivity contribution is -0.115. The fourth-order valence-corrected chi connectivity index (χ4v) is 3.91. The van der Waals surface area contributed by atoms with E-state index in [0.29, 0.717) is 5.56 Å². The van der Waals surface area contributed by atoms with Crippen molar-refractivity contribution < 1.29 is 13.6 Å². The van der Waals surface area contributed by atoms with Crippen LogP contribution in [-0.2, 0) is 25.3 Å². The minimum Gasteiger partial charge on any atom is -0.302 e. The first-order valence-corrected chi connectivity index (χ1v) is 9.88. The van der Waals surface area contributed by atoms with Gasteiger partial charge in [-0.05, 0) is 23.8 Å². The Labute approximate surface area is 177 Å². The summed E-state index contributed by atoms with van der Waals surface area (Å²) < 4.78 is 29.2. The maximum absolute atomic E-state index is 14.0. The van der Waals surface area contributed by atoms with Crippen molar-refractivity contribution in [3.05, 3.63) is 73.9 Å². The molecule has 0 spiro atoms. The number of pyridine rings is 1. The highest BCUT2D eigenvalue weighted by Gasteiger charge is 2.17. The molecule has 3 heterocycles. The standard InChI is InChI=1S/C20H15F2N5O3S/c1-26-17-16(18(29)27(2)20(26)30)10(5-6-23-17)7-15(28)25-19-24-14(9-31-19)12-4-3-11(21)8-13(12)22/h3-6,8-9H,7H2,1-2H3,(H,24,25,28). The Morgan fingerprint density at radius 3 is 2.68 bits per heavy atom. The number of nitrogens with one attached hydrogen (secondary N) is 1. The average Bonchev–Trinajstić information content (AvgIpc) is 3.18. The van der Waals surface area contributed by atoms with Crippen molar-refractivity contribution in [3.63, 3.8) is 0 Å². The maximum atomic E-state index is 14.0. The summed E-state index contributed by atoms with van der Waals surface area (Å²) in [4.78, 5) is 45.5. The molecule has 4 rings (SSSR count). The number of hydrogen-bond donors (Lipinski definition) is 1. The normalized spacial score (nSPS) is 11.1. The van der Waals surface area contributed by atoms with Crippen molar-refractivity contribution >= 4 is 33.4 Å². The van der Waals surface area contributed by atoms with Gasteiger partial charge in [-0.25, -0.2) is 23.5 Å². The second-order valence-corrected chi connectivity index (χ2v) is 7.62. The lowest BCUT2D eigenvalue weighted by Gasteiger charge is -2.10. The molecule has 0 unspecified atom stereocenters. The van der Waals surface area contributed by atoms with E-state index in [9.17, 15) is 23.2 Å². The number of hydrogen-bond acceptors (Lipinski definition) is 6. The third kappa shape index (κ3) is 3.75. The van der Waals surface area contributed by atoms with E-state index in [1.54, 1.807) is 5.38 Å². The van der Waals surface area contributed by atoms with Crippen LogP contribution in [0.3, 0.4) is 0 Å². The van der Waals surface area contributed by atoms with Crippen molar-refractivity contribution in [1.29, 1.82) is 0 Å². The average molecular weight is 443 g/mol. The molecule has 1 amide bonds. The van der Waals surface area contributed by atoms with E-state index in [1.165, 1.54) is 37.0 Å². The van der Waals surface area contributed by atoms with E-state index in [2.05, 4.69) is 15.3 Å². The number of amides is 1. The first kappa shape index (κ1) is 20.5. The number of aromatic nitrogens is 4. The van der Waals surface area contributed by atoms with Gasteiger partial charge in [0.15, 0.2) is 5.13 Å². The number of carbonyl (C=O) groups is 1. The molecule has 4 aromatic rings. The summed E-state index contributed by atoms with van der Waals surface area (Å²) in [5, 5.41) is 4.55. The molecule has 0 aliphatic rings. The van der Waals surface area contributed by atoms with Crippen molar-refractivity contribution in [3.8, 4) is 11.3 Å². The second kappa shape index (κ2) is 7.84. The van der Waals surface area contributed by atoms with Crippen LogP contribution in [0.2, 0.25) is 0 Å². The van der Waals surface area contributed by atoms with E-state index < -0.39 is 28.8 Å². The van der Waals surface area contributed by atoms with E-state index in [0.717, 1.165) is 28.0 Å². The van der Waals surface area contributed by atoms with Crippen LogP contribution in [0, 0.1) is 11.6 Å². The topological polar surface area (TPSA) is 98.9 Å². The van der Waals surface area contributed by atoms with Crippen LogP contribution in [0.15, 0.2) is 45.4 Å². The molecule has 0 saturated carbocycles. The zero-order chi connectivity index (χ0) is 22.3. The molecular weight excluding hydrogens is 428 g/mol. The summed E-state index contributed by atoms with van der Waals surface area (Å²) in [6.45, 7) is 0. The smallest absolute Gasteiger partial charge is 0.302 e. The number of benzene rings is 1. The van der Waals surface area contributed by atoms with Crippen LogP contribution in [0.4, 0.5) is 13.9 Å². The SMILES string of the molecule is Cn1c(=O)c2c(CC(=O)Nc3nc(-c4ccc(F)cc4F)cs3)ccnc2n(C)c1=O. The molecule has 8 nitrogen and oxygen atoms in total. The molecule has 1 aromatic carbocycles. The number of thiazole rings is 1. The molecule has 158 valence electrons. The molecule has 0 radical (unpaired) electrons. The molecule has 11 heteroatoms. The van der Waals surface area contributed by atoms with Crippen LogP contribution in [0.25, 0.3) is 22.3 Å². The third-order valence-corrected chi connectivity index (χ3v) is 5.49. The molecular formula is C20H15F2N5O3S. The van der Waals surface area contributed by atoms with Crippen LogP contribution in [0.1, 0.15) is 5.56 Å². The van der Waals surface area contributed by atoms with Gasteiger partial charge in [0, 0.05) is 37.3 Å². The highest BCUT2D eigenvalue weighted by Crippen LogP contribution is 2.27. The highest BCUT2D eigenvalue weighted by atomic mass is 32.1. The van der Waals surface area contributed by atoms with E-state index >= 15 is 0 Å². The Bertz CT molecular complexity index is 1460. The molecule has 3 aromatic heterocycles. The van der Waals surface area contributed by atoms with Crippen LogP contribution in [-0.4, -0.2) is 25.0 Å². The summed E-state index contributed by atoms with van der Waals surface area (Å²) >= 11 is 1.08. The summed E-state index contributed by atoms with van der Waals surface area (Å²) in [5.41, 5.74) is -0.104. The van der Waals surface area contributed by atoms with Gasteiger partial charge in [-0.2, -0.15) is 0 Å². The van der Waals surface area contributed by atoms with E-state index in [-0.39, 0.29) is 33.8 Å². The van der Waals surface area contributed by atoms with Gasteiger partial charge in [0.2, 0.25) is 5.91 Å². The fourth-order valence-electron chi connectivity index (χ4n) is 3.18. The highest BCUT2D eigenvalue weighted by molar-refractivity contribution is 7.14. The monoisotopic (exact) mass is 443 g/mol. The predicted octanol–water partition coefficient (Wildman–Crippen LogP) is 2.22. The third-order valence-electron chi connectivity index (χ3n) is 4.74. The summed E-state index contributed by atoms with van der Waals surface area (Å²) in [6.07, 6.45) is 1.26. The van der Waals surface area contributed by atoms with Gasteiger partial charge in [-0.3, -0.25) is 18.7 Å². The van der Waals surface area contributed by atoms with Crippen LogP contribution >= 0.6 is 11.3 Å². The zero-order valence-electron chi connectivity index (χ0n) is 16.3. The first-order valence-electron chi connectivity index (χ1n) is 9.00. The maximum Gasteiger partial charge on any atom is 0.332 e. The number of halogens is 2. The quantitative estimate of drug-likeness (QED) is 0.522. The number of anilines is 1. The molecule has 0 aliphatic carbocycles. The molecule has 0 atom stereocenters. The Kier molecular flexibility index (Phi) is 5.19. The Morgan fingerprint density at radius 2 is 1.94 bits per heavy atom. The van der Waals surface area contributed by atoms with Gasteiger partial charge in [0.05, 0.1) is 17.5 Å². The number of nitrogens with zero attached hydrogens (tertiary/aromatic N) is 4. The second-order valence-electron chi connectivity index (χ2n) is 6.76. The lowest BCUT2D eigenvalue weighted by atomic mass is 10.1. The van der Waals surface area contributed by atoms with Crippen LogP contribution in [0.5, 0.6) is 0 Å². The zero-order valence-corrected chi connectivity index (χ0v) is 17.2. The number of fused-ring (bicyclic) bond motifs is 1. The van der Waals surface area contributed by atoms with Gasteiger partial charge in [-0.1, -0.05) is 0 Å². The largest absolute Gasteiger partial charge is 0.332 e. The summed E-state index contributed by atoms with van der Waals surface area (Å²) in [7, 11) is 2.85. The van der Waals surface area contributed by atoms with Crippen molar-refractivity contribution in [2.75, 3.05) is 5.32 Å². The summed E-state index contributed by atoms with van der Waals surface area (Å²) in [6, 6.07) is 4.69. The molecule has 0 fully saturated rings. The van der Waals surface area contributed by atoms with Gasteiger partial charge < -0.3 is 5.32 Å². The van der Waals surface area contributed by atoms with Gasteiger partial charge in [0.25, 0.3) is 5.56 Å². The van der Waals surface area contributed by atoms with Gasteiger partial charge in [0.1, 0.15) is 17.3 Å². The summed E-state index contributed by atoms with van der Waals surface area (Å²) in [5.74, 6) is -1.91. The Balaban J connectivity index is 1.61. The number of carbonyl (C=O) groups excluding carboxylic acids is 1. The van der Waals surface area contributed by atoms with Gasteiger partial charge >= 0.3 is 5.69 Å². The first-order chi connectivity index (χ1) is 14.8. The Hall–Kier alpha value is -3.73. The van der Waals surface area contributed by atoms with Crippen molar-refractivity contribution in [2.24, 2.45) is 14.1 Å². The van der Waals surface area contributed by atoms with Crippen LogP contribution < -0.4 is 16.6 Å². The van der Waals surface area contributed by atoms with Crippen molar-refractivity contribution in [2.45, 2.75) is 6.42 Å². The lowest BCUT2D eigenvalue weighted by Crippen LogP contribution is -2.37. The minimum atomic E-state index is -0.757. The Morgan fingerprint density at radius 1 is 1.16 bits per heavy atom. The molecule has 1 N–H and O–H groups in total. The molecule has 0 aliphatic heterocycles. The fraction of sp³-hybridized carbons (Fsp3) is 0.150. The predicted molar refractivity (Wildman–Crippen MR) is 112 cm³/mol. The molecule has 0 saturated heterocycles.